The molecular weight excluding hydrogens is 478 g/mol. The first kappa shape index (κ1) is 27.8. The number of aromatic nitrogens is 2. The summed E-state index contributed by atoms with van der Waals surface area (Å²) < 4.78 is 16.4. The van der Waals surface area contributed by atoms with Crippen molar-refractivity contribution in [1.29, 1.82) is 0 Å². The van der Waals surface area contributed by atoms with Crippen LogP contribution in [0.25, 0.3) is 0 Å². The van der Waals surface area contributed by atoms with Gasteiger partial charge < -0.3 is 30.0 Å². The van der Waals surface area contributed by atoms with Gasteiger partial charge in [-0.1, -0.05) is 13.3 Å². The number of amides is 2. The Morgan fingerprint density at radius 3 is 2.84 bits per heavy atom. The molecule has 11 nitrogen and oxygen atoms in total. The summed E-state index contributed by atoms with van der Waals surface area (Å²) in [7, 11) is 1.48. The first-order valence-corrected chi connectivity index (χ1v) is 12.6. The van der Waals surface area contributed by atoms with Crippen LogP contribution in [0.15, 0.2) is 23.2 Å². The number of aliphatic imine (C=N–C) groups is 1. The number of unbranched alkanes of at least 4 members (excludes halogenated alkanes) is 1. The van der Waals surface area contributed by atoms with Crippen LogP contribution >= 0.6 is 0 Å². The number of methoxy groups -OCH3 is 1. The van der Waals surface area contributed by atoms with Gasteiger partial charge in [0.15, 0.2) is 12.4 Å². The number of aromatic hydroxyl groups is 1. The molecular formula is C26H37N5O6. The standard InChI is InChI=1S/C26H37N5O6/c1-5-6-9-27-14-20-22(32)11-19(35-4)12-23(20)36-15-25(33)29-24-13-21(30-31-24)17-7-8-18(10-17)37-26(34)28-16(2)3/h11-14,16-18,32H,5-10,15H2,1-4H3,(H,28,34)(H2,29,30,31,33)/b27-14+/t17-,18+/m0/s1. The second kappa shape index (κ2) is 13.5. The molecule has 1 saturated carbocycles. The molecule has 0 spiro atoms. The SMILES string of the molecule is CCCC/N=C/c1c(O)cc(OC)cc1OCC(=O)Nc1cc([C@H]2CC[C@@H](OC(=O)NC(C)C)C2)[nH]n1. The lowest BCUT2D eigenvalue weighted by atomic mass is 10.0. The maximum Gasteiger partial charge on any atom is 0.407 e. The highest BCUT2D eigenvalue weighted by Crippen LogP contribution is 2.36. The molecule has 2 aromatic rings. The number of phenolic OH excluding ortho intramolecular Hbond substituents is 1. The second-order valence-corrected chi connectivity index (χ2v) is 9.33. The van der Waals surface area contributed by atoms with E-state index in [2.05, 4.69) is 32.7 Å². The minimum absolute atomic E-state index is 0.0209. The minimum Gasteiger partial charge on any atom is -0.507 e. The lowest BCUT2D eigenvalue weighted by Gasteiger charge is -2.14. The fourth-order valence-electron chi connectivity index (χ4n) is 4.04. The summed E-state index contributed by atoms with van der Waals surface area (Å²) in [5.41, 5.74) is 1.25. The van der Waals surface area contributed by atoms with Crippen molar-refractivity contribution in [1.82, 2.24) is 15.5 Å². The number of aromatic amines is 1. The van der Waals surface area contributed by atoms with E-state index in [4.69, 9.17) is 14.2 Å². The van der Waals surface area contributed by atoms with Crippen LogP contribution in [0.2, 0.25) is 0 Å². The largest absolute Gasteiger partial charge is 0.507 e. The van der Waals surface area contributed by atoms with Gasteiger partial charge in [-0.2, -0.15) is 5.10 Å². The zero-order valence-corrected chi connectivity index (χ0v) is 21.9. The van der Waals surface area contributed by atoms with E-state index in [0.29, 0.717) is 30.1 Å². The highest BCUT2D eigenvalue weighted by Gasteiger charge is 2.30. The number of anilines is 1. The zero-order valence-electron chi connectivity index (χ0n) is 21.9. The Kier molecular flexibility index (Phi) is 10.2. The van der Waals surface area contributed by atoms with Gasteiger partial charge in [0.1, 0.15) is 23.4 Å². The van der Waals surface area contributed by atoms with Crippen molar-refractivity contribution >= 4 is 24.0 Å². The van der Waals surface area contributed by atoms with Gasteiger partial charge in [-0.15, -0.1) is 0 Å². The number of hydrogen-bond donors (Lipinski definition) is 4. The summed E-state index contributed by atoms with van der Waals surface area (Å²) in [5, 5.41) is 23.0. The molecule has 11 heteroatoms. The number of carbonyl (C=O) groups excluding carboxylic acids is 2. The molecule has 1 heterocycles. The van der Waals surface area contributed by atoms with Crippen molar-refractivity contribution in [2.24, 2.45) is 4.99 Å². The van der Waals surface area contributed by atoms with E-state index in [1.807, 2.05) is 13.8 Å². The number of ether oxygens (including phenoxy) is 3. The molecule has 0 saturated heterocycles. The fourth-order valence-corrected chi connectivity index (χ4v) is 4.04. The van der Waals surface area contributed by atoms with Crippen molar-refractivity contribution in [3.8, 4) is 17.2 Å². The van der Waals surface area contributed by atoms with Crippen LogP contribution in [0.5, 0.6) is 17.2 Å². The summed E-state index contributed by atoms with van der Waals surface area (Å²) >= 11 is 0. The van der Waals surface area contributed by atoms with Crippen LogP contribution in [0, 0.1) is 0 Å². The lowest BCUT2D eigenvalue weighted by molar-refractivity contribution is -0.118. The summed E-state index contributed by atoms with van der Waals surface area (Å²) in [6, 6.07) is 4.87. The molecule has 2 atom stereocenters. The van der Waals surface area contributed by atoms with Crippen LogP contribution in [-0.2, 0) is 9.53 Å². The topological polar surface area (TPSA) is 147 Å². The summed E-state index contributed by atoms with van der Waals surface area (Å²) in [5.74, 6) is 0.755. The monoisotopic (exact) mass is 515 g/mol. The normalized spacial score (nSPS) is 17.2. The van der Waals surface area contributed by atoms with Crippen molar-refractivity contribution < 1.29 is 28.9 Å². The van der Waals surface area contributed by atoms with Gasteiger partial charge in [0.05, 0.1) is 12.7 Å². The average Bonchev–Trinajstić information content (AvgIpc) is 3.50. The second-order valence-electron chi connectivity index (χ2n) is 9.33. The number of rotatable bonds is 12. The molecule has 3 rings (SSSR count). The summed E-state index contributed by atoms with van der Waals surface area (Å²) in [6.07, 6.45) is 5.22. The Morgan fingerprint density at radius 1 is 1.30 bits per heavy atom. The van der Waals surface area contributed by atoms with E-state index in [0.717, 1.165) is 31.4 Å². The number of alkyl carbamates (subject to hydrolysis) is 1. The Morgan fingerprint density at radius 2 is 2.11 bits per heavy atom. The Balaban J connectivity index is 1.55. The van der Waals surface area contributed by atoms with Crippen molar-refractivity contribution in [2.45, 2.75) is 70.9 Å². The van der Waals surface area contributed by atoms with Gasteiger partial charge in [-0.25, -0.2) is 4.79 Å². The third-order valence-corrected chi connectivity index (χ3v) is 5.92. The van der Waals surface area contributed by atoms with Crippen molar-refractivity contribution in [3.05, 3.63) is 29.5 Å². The van der Waals surface area contributed by atoms with Crippen LogP contribution in [0.4, 0.5) is 10.6 Å². The molecule has 2 amide bonds. The van der Waals surface area contributed by atoms with Crippen LogP contribution in [0.1, 0.15) is 70.1 Å². The Hall–Kier alpha value is -3.76. The van der Waals surface area contributed by atoms with Crippen molar-refractivity contribution in [2.75, 3.05) is 25.6 Å². The predicted octanol–water partition coefficient (Wildman–Crippen LogP) is 4.13. The van der Waals surface area contributed by atoms with Gasteiger partial charge in [0, 0.05) is 48.6 Å². The summed E-state index contributed by atoms with van der Waals surface area (Å²) in [6.45, 7) is 6.17. The number of H-pyrrole nitrogens is 1. The number of hydrogen-bond acceptors (Lipinski definition) is 8. The fraction of sp³-hybridized carbons (Fsp3) is 0.538. The number of benzene rings is 1. The molecule has 0 aliphatic heterocycles. The third kappa shape index (κ3) is 8.40. The zero-order chi connectivity index (χ0) is 26.8. The van der Waals surface area contributed by atoms with Gasteiger partial charge >= 0.3 is 6.09 Å². The first-order valence-electron chi connectivity index (χ1n) is 12.6. The van der Waals surface area contributed by atoms with E-state index in [9.17, 15) is 14.7 Å². The van der Waals surface area contributed by atoms with E-state index in [1.165, 1.54) is 13.2 Å². The maximum atomic E-state index is 12.5. The lowest BCUT2D eigenvalue weighted by Crippen LogP contribution is -2.33. The molecule has 1 aliphatic carbocycles. The number of phenols is 1. The maximum absolute atomic E-state index is 12.5. The smallest absolute Gasteiger partial charge is 0.407 e. The van der Waals surface area contributed by atoms with Gasteiger partial charge in [-0.3, -0.25) is 14.9 Å². The quantitative estimate of drug-likeness (QED) is 0.245. The molecule has 37 heavy (non-hydrogen) atoms. The van der Waals surface area contributed by atoms with Gasteiger partial charge in [0.25, 0.3) is 5.91 Å². The molecule has 1 aromatic heterocycles. The molecule has 0 bridgehead atoms. The molecule has 1 aromatic carbocycles. The molecule has 202 valence electrons. The highest BCUT2D eigenvalue weighted by molar-refractivity contribution is 5.92. The van der Waals surface area contributed by atoms with E-state index < -0.39 is 12.0 Å². The van der Waals surface area contributed by atoms with E-state index in [1.54, 1.807) is 18.3 Å². The minimum atomic E-state index is -0.410. The average molecular weight is 516 g/mol. The van der Waals surface area contributed by atoms with E-state index >= 15 is 0 Å². The van der Waals surface area contributed by atoms with Crippen LogP contribution in [-0.4, -0.2) is 65.9 Å². The first-order chi connectivity index (χ1) is 17.8. The summed E-state index contributed by atoms with van der Waals surface area (Å²) in [4.78, 5) is 28.7. The molecule has 4 N–H and O–H groups in total. The van der Waals surface area contributed by atoms with Gasteiger partial charge in [0.2, 0.25) is 0 Å². The number of nitrogens with zero attached hydrogens (tertiary/aromatic N) is 2. The van der Waals surface area contributed by atoms with Crippen LogP contribution in [0.3, 0.4) is 0 Å². The van der Waals surface area contributed by atoms with E-state index in [-0.39, 0.29) is 36.2 Å². The molecule has 0 radical (unpaired) electrons. The highest BCUT2D eigenvalue weighted by atomic mass is 16.6. The molecule has 0 unspecified atom stereocenters. The molecule has 1 fully saturated rings. The third-order valence-electron chi connectivity index (χ3n) is 5.92. The predicted molar refractivity (Wildman–Crippen MR) is 140 cm³/mol. The molecule has 1 aliphatic rings. The Labute approximate surface area is 217 Å². The van der Waals surface area contributed by atoms with Crippen molar-refractivity contribution in [3.63, 3.8) is 0 Å². The number of nitrogens with one attached hydrogen (secondary N) is 3. The number of carbonyl (C=O) groups is 2. The Bertz CT molecular complexity index is 1080. The van der Waals surface area contributed by atoms with Crippen LogP contribution < -0.4 is 20.1 Å². The van der Waals surface area contributed by atoms with Gasteiger partial charge in [-0.05, 0) is 39.5 Å².